The SMILES string of the molecule is CC1(C)C(=O)C(C#N)=CC2(C)c3nc(-c4ccccc4Cl)ncc3CCC12. The predicted molar refractivity (Wildman–Crippen MR) is 104 cm³/mol. The molecule has 2 unspecified atom stereocenters. The van der Waals surface area contributed by atoms with Gasteiger partial charge in [0.2, 0.25) is 0 Å². The molecule has 2 aliphatic rings. The van der Waals surface area contributed by atoms with Crippen LogP contribution in [0.15, 0.2) is 42.1 Å². The molecule has 0 amide bonds. The van der Waals surface area contributed by atoms with Gasteiger partial charge in [0.25, 0.3) is 0 Å². The number of hydrogen-bond donors (Lipinski definition) is 0. The molecule has 0 saturated heterocycles. The number of carbonyl (C=O) groups excluding carboxylic acids is 1. The zero-order chi connectivity index (χ0) is 19.4. The summed E-state index contributed by atoms with van der Waals surface area (Å²) in [5.41, 5.74) is 1.88. The maximum atomic E-state index is 12.8. The molecule has 2 aliphatic carbocycles. The maximum Gasteiger partial charge on any atom is 0.178 e. The molecule has 0 aliphatic heterocycles. The van der Waals surface area contributed by atoms with Crippen LogP contribution in [0.5, 0.6) is 0 Å². The van der Waals surface area contributed by atoms with Crippen LogP contribution in [0, 0.1) is 22.7 Å². The van der Waals surface area contributed by atoms with Gasteiger partial charge in [0, 0.05) is 22.6 Å². The van der Waals surface area contributed by atoms with Crippen molar-refractivity contribution >= 4 is 17.4 Å². The molecule has 0 fully saturated rings. The van der Waals surface area contributed by atoms with E-state index in [1.165, 1.54) is 0 Å². The Kier molecular flexibility index (Phi) is 3.98. The lowest BCUT2D eigenvalue weighted by molar-refractivity contribution is -0.128. The first kappa shape index (κ1) is 17.9. The highest BCUT2D eigenvalue weighted by Gasteiger charge is 2.54. The number of Topliss-reactive ketones (excluding diaryl/α,β-unsaturated/α-hetero) is 1. The molecule has 0 bridgehead atoms. The molecule has 0 radical (unpaired) electrons. The molecule has 27 heavy (non-hydrogen) atoms. The standard InChI is InChI=1S/C22H20ClN3O/c1-21(2)17-9-8-13-12-25-20(15-6-4-5-7-16(15)23)26-18(13)22(17,3)10-14(11-24)19(21)27/h4-7,10,12,17H,8-9H2,1-3H3. The molecule has 1 heterocycles. The number of rotatable bonds is 1. The smallest absolute Gasteiger partial charge is 0.178 e. The van der Waals surface area contributed by atoms with Gasteiger partial charge < -0.3 is 0 Å². The summed E-state index contributed by atoms with van der Waals surface area (Å²) < 4.78 is 0. The van der Waals surface area contributed by atoms with Crippen LogP contribution in [0.1, 0.15) is 38.4 Å². The molecule has 1 aromatic heterocycles. The third kappa shape index (κ3) is 2.53. The minimum absolute atomic E-state index is 0.0729. The van der Waals surface area contributed by atoms with Crippen LogP contribution < -0.4 is 0 Å². The van der Waals surface area contributed by atoms with Crippen molar-refractivity contribution in [1.82, 2.24) is 9.97 Å². The average molecular weight is 378 g/mol. The normalized spacial score (nSPS) is 25.8. The third-order valence-electron chi connectivity index (χ3n) is 6.18. The Morgan fingerprint density at radius 2 is 2.00 bits per heavy atom. The van der Waals surface area contributed by atoms with Gasteiger partial charge in [-0.25, -0.2) is 9.97 Å². The first-order valence-corrected chi connectivity index (χ1v) is 9.46. The van der Waals surface area contributed by atoms with Crippen LogP contribution in [-0.2, 0) is 16.6 Å². The molecule has 2 aromatic rings. The highest BCUT2D eigenvalue weighted by Crippen LogP contribution is 2.54. The maximum absolute atomic E-state index is 12.8. The van der Waals surface area contributed by atoms with Crippen molar-refractivity contribution in [2.75, 3.05) is 0 Å². The quantitative estimate of drug-likeness (QED) is 0.723. The number of aryl methyl sites for hydroxylation is 1. The number of nitrogens with zero attached hydrogens (tertiary/aromatic N) is 3. The molecule has 0 N–H and O–H groups in total. The van der Waals surface area contributed by atoms with Gasteiger partial charge in [0.05, 0.1) is 16.3 Å². The Morgan fingerprint density at radius 1 is 1.26 bits per heavy atom. The van der Waals surface area contributed by atoms with E-state index in [4.69, 9.17) is 16.6 Å². The van der Waals surface area contributed by atoms with Crippen molar-refractivity contribution < 1.29 is 4.79 Å². The van der Waals surface area contributed by atoms with Crippen LogP contribution in [0.2, 0.25) is 5.02 Å². The summed E-state index contributed by atoms with van der Waals surface area (Å²) in [6.07, 6.45) is 5.38. The van der Waals surface area contributed by atoms with Gasteiger partial charge in [-0.15, -0.1) is 0 Å². The predicted octanol–water partition coefficient (Wildman–Crippen LogP) is 4.68. The monoisotopic (exact) mass is 377 g/mol. The zero-order valence-electron chi connectivity index (χ0n) is 15.6. The summed E-state index contributed by atoms with van der Waals surface area (Å²) >= 11 is 6.34. The van der Waals surface area contributed by atoms with Crippen molar-refractivity contribution in [2.24, 2.45) is 11.3 Å². The number of hydrogen-bond acceptors (Lipinski definition) is 4. The number of nitriles is 1. The van der Waals surface area contributed by atoms with Gasteiger partial charge >= 0.3 is 0 Å². The molecule has 0 spiro atoms. The van der Waals surface area contributed by atoms with E-state index in [0.29, 0.717) is 10.8 Å². The number of fused-ring (bicyclic) bond motifs is 3. The molecule has 4 rings (SSSR count). The minimum atomic E-state index is -0.609. The average Bonchev–Trinajstić information content (AvgIpc) is 2.65. The Labute approximate surface area is 163 Å². The molecule has 4 nitrogen and oxygen atoms in total. The zero-order valence-corrected chi connectivity index (χ0v) is 16.3. The second-order valence-corrected chi connectivity index (χ2v) is 8.55. The van der Waals surface area contributed by atoms with E-state index in [2.05, 4.69) is 18.0 Å². The van der Waals surface area contributed by atoms with Gasteiger partial charge in [0.15, 0.2) is 11.6 Å². The summed E-state index contributed by atoms with van der Waals surface area (Å²) in [7, 11) is 0. The molecular weight excluding hydrogens is 358 g/mol. The van der Waals surface area contributed by atoms with E-state index in [-0.39, 0.29) is 17.3 Å². The second-order valence-electron chi connectivity index (χ2n) is 8.14. The van der Waals surface area contributed by atoms with Crippen molar-refractivity contribution in [1.29, 1.82) is 5.26 Å². The topological polar surface area (TPSA) is 66.6 Å². The number of carbonyl (C=O) groups is 1. The lowest BCUT2D eigenvalue weighted by Gasteiger charge is -2.50. The van der Waals surface area contributed by atoms with E-state index < -0.39 is 10.8 Å². The van der Waals surface area contributed by atoms with Gasteiger partial charge in [-0.1, -0.05) is 50.6 Å². The van der Waals surface area contributed by atoms with Gasteiger partial charge in [0.1, 0.15) is 6.07 Å². The lowest BCUT2D eigenvalue weighted by atomic mass is 9.52. The van der Waals surface area contributed by atoms with Crippen molar-refractivity contribution in [3.63, 3.8) is 0 Å². The van der Waals surface area contributed by atoms with Gasteiger partial charge in [-0.3, -0.25) is 4.79 Å². The summed E-state index contributed by atoms with van der Waals surface area (Å²) in [4.78, 5) is 22.2. The number of ketones is 1. The first-order chi connectivity index (χ1) is 12.8. The van der Waals surface area contributed by atoms with Crippen LogP contribution in [0.4, 0.5) is 0 Å². The first-order valence-electron chi connectivity index (χ1n) is 9.08. The van der Waals surface area contributed by atoms with Crippen molar-refractivity contribution in [2.45, 2.75) is 39.0 Å². The Hall–Kier alpha value is -2.51. The van der Waals surface area contributed by atoms with E-state index in [1.54, 1.807) is 0 Å². The lowest BCUT2D eigenvalue weighted by Crippen LogP contribution is -2.51. The van der Waals surface area contributed by atoms with Crippen LogP contribution in [0.3, 0.4) is 0 Å². The number of benzene rings is 1. The molecule has 5 heteroatoms. The number of halogens is 1. The summed E-state index contributed by atoms with van der Waals surface area (Å²) in [6.45, 7) is 5.98. The third-order valence-corrected chi connectivity index (χ3v) is 6.51. The Bertz CT molecular complexity index is 1030. The number of allylic oxidation sites excluding steroid dienone is 2. The fraction of sp³-hybridized carbons (Fsp3) is 0.364. The Balaban J connectivity index is 1.95. The molecule has 136 valence electrons. The summed E-state index contributed by atoms with van der Waals surface area (Å²) in [5.74, 6) is 0.579. The largest absolute Gasteiger partial charge is 0.293 e. The van der Waals surface area contributed by atoms with Crippen molar-refractivity contribution in [3.05, 3.63) is 58.4 Å². The van der Waals surface area contributed by atoms with E-state index >= 15 is 0 Å². The molecular formula is C22H20ClN3O. The number of aromatic nitrogens is 2. The second kappa shape index (κ2) is 6.00. The fourth-order valence-corrected chi connectivity index (χ4v) is 5.05. The fourth-order valence-electron chi connectivity index (χ4n) is 4.83. The molecule has 0 saturated carbocycles. The van der Waals surface area contributed by atoms with E-state index in [9.17, 15) is 10.1 Å². The van der Waals surface area contributed by atoms with Crippen molar-refractivity contribution in [3.8, 4) is 17.5 Å². The molecule has 1 aromatic carbocycles. The van der Waals surface area contributed by atoms with Crippen LogP contribution >= 0.6 is 11.6 Å². The van der Waals surface area contributed by atoms with Crippen LogP contribution in [0.25, 0.3) is 11.4 Å². The van der Waals surface area contributed by atoms with Gasteiger partial charge in [-0.05, 0) is 36.5 Å². The van der Waals surface area contributed by atoms with E-state index in [0.717, 1.165) is 29.7 Å². The minimum Gasteiger partial charge on any atom is -0.293 e. The van der Waals surface area contributed by atoms with Crippen LogP contribution in [-0.4, -0.2) is 15.8 Å². The van der Waals surface area contributed by atoms with Gasteiger partial charge in [-0.2, -0.15) is 5.26 Å². The highest BCUT2D eigenvalue weighted by atomic mass is 35.5. The summed E-state index contributed by atoms with van der Waals surface area (Å²) in [6, 6.07) is 9.60. The van der Waals surface area contributed by atoms with E-state index in [1.807, 2.05) is 50.4 Å². The summed E-state index contributed by atoms with van der Waals surface area (Å²) in [5, 5.41) is 10.1. The Morgan fingerprint density at radius 3 is 2.70 bits per heavy atom. The molecule has 2 atom stereocenters. The highest BCUT2D eigenvalue weighted by molar-refractivity contribution is 6.33.